The molecule has 0 unspecified atom stereocenters. The van der Waals surface area contributed by atoms with E-state index in [2.05, 4.69) is 14.9 Å². The molecule has 0 radical (unpaired) electrons. The molecule has 0 aliphatic carbocycles. The first kappa shape index (κ1) is 30.4. The molecular formula is C34H34N6O3S2. The molecule has 4 heterocycles. The maximum atomic E-state index is 13.3. The van der Waals surface area contributed by atoms with Crippen molar-refractivity contribution in [2.45, 2.75) is 10.6 Å². The van der Waals surface area contributed by atoms with E-state index < -0.39 is 10.0 Å². The normalized spacial score (nSPS) is 11.8. The van der Waals surface area contributed by atoms with E-state index in [0.717, 1.165) is 51.5 Å². The minimum absolute atomic E-state index is 0.0194. The highest BCUT2D eigenvalue weighted by atomic mass is 32.2. The van der Waals surface area contributed by atoms with Gasteiger partial charge in [-0.2, -0.15) is 0 Å². The summed E-state index contributed by atoms with van der Waals surface area (Å²) >= 11 is 1.19. The predicted octanol–water partition coefficient (Wildman–Crippen LogP) is 6.36. The second-order valence-corrected chi connectivity index (χ2v) is 14.4. The number of sulfonamides is 1. The Bertz CT molecular complexity index is 2070. The van der Waals surface area contributed by atoms with Crippen molar-refractivity contribution in [3.63, 3.8) is 0 Å². The van der Waals surface area contributed by atoms with Gasteiger partial charge in [-0.15, -0.1) is 11.3 Å². The smallest absolute Gasteiger partial charge is 0.273 e. The molecule has 45 heavy (non-hydrogen) atoms. The summed E-state index contributed by atoms with van der Waals surface area (Å²) in [5.74, 6) is -0.0194. The molecule has 6 rings (SSSR count). The Morgan fingerprint density at radius 3 is 2.36 bits per heavy atom. The summed E-state index contributed by atoms with van der Waals surface area (Å²) in [5.41, 5.74) is 6.37. The van der Waals surface area contributed by atoms with E-state index >= 15 is 0 Å². The number of anilines is 1. The van der Waals surface area contributed by atoms with Crippen molar-refractivity contribution in [3.8, 4) is 22.3 Å². The van der Waals surface area contributed by atoms with Crippen molar-refractivity contribution in [3.05, 3.63) is 96.3 Å². The number of carbonyl (C=O) groups excluding carboxylic acids is 1. The number of nitrogens with zero attached hydrogens (tertiary/aromatic N) is 5. The zero-order chi connectivity index (χ0) is 31.7. The molecule has 0 bridgehead atoms. The van der Waals surface area contributed by atoms with E-state index in [1.54, 1.807) is 47.9 Å². The number of hydrogen-bond donors (Lipinski definition) is 1. The van der Waals surface area contributed by atoms with Crippen LogP contribution in [0.3, 0.4) is 0 Å². The first-order valence-corrected chi connectivity index (χ1v) is 16.8. The van der Waals surface area contributed by atoms with E-state index in [9.17, 15) is 13.2 Å². The number of carbonyl (C=O) groups is 1. The molecule has 11 heteroatoms. The zero-order valence-electron chi connectivity index (χ0n) is 25.6. The molecular weight excluding hydrogens is 605 g/mol. The van der Waals surface area contributed by atoms with E-state index in [-0.39, 0.29) is 10.1 Å². The SMILES string of the molecule is CN(C)CCCN(C)C(=O)c1ccc(-c2cnc3[nH]c4ccc(N(C)S(=O)(=O)c5cccs5)cc4c3c2-c2ccncc2)cc1. The average molecular weight is 639 g/mol. The van der Waals surface area contributed by atoms with Crippen molar-refractivity contribution < 1.29 is 13.2 Å². The fourth-order valence-electron chi connectivity index (χ4n) is 5.50. The molecule has 4 aromatic heterocycles. The van der Waals surface area contributed by atoms with Crippen molar-refractivity contribution in [2.75, 3.05) is 45.6 Å². The van der Waals surface area contributed by atoms with Crippen LogP contribution in [0, 0.1) is 0 Å². The van der Waals surface area contributed by atoms with Gasteiger partial charge in [0.05, 0.1) is 5.69 Å². The first-order valence-electron chi connectivity index (χ1n) is 14.5. The maximum Gasteiger partial charge on any atom is 0.273 e. The lowest BCUT2D eigenvalue weighted by atomic mass is 9.92. The summed E-state index contributed by atoms with van der Waals surface area (Å²) in [7, 11) is 3.74. The molecule has 0 saturated heterocycles. The summed E-state index contributed by atoms with van der Waals surface area (Å²) in [6.07, 6.45) is 6.24. The number of fused-ring (bicyclic) bond motifs is 3. The van der Waals surface area contributed by atoms with Gasteiger partial charge in [-0.3, -0.25) is 14.1 Å². The van der Waals surface area contributed by atoms with Gasteiger partial charge in [-0.05, 0) is 92.1 Å². The van der Waals surface area contributed by atoms with Crippen LogP contribution in [-0.2, 0) is 10.0 Å². The topological polar surface area (TPSA) is 102 Å². The van der Waals surface area contributed by atoms with Crippen LogP contribution in [0.2, 0.25) is 0 Å². The maximum absolute atomic E-state index is 13.3. The Morgan fingerprint density at radius 2 is 1.67 bits per heavy atom. The van der Waals surface area contributed by atoms with Gasteiger partial charge in [-0.25, -0.2) is 13.4 Å². The van der Waals surface area contributed by atoms with Gasteiger partial charge in [0.25, 0.3) is 15.9 Å². The highest BCUT2D eigenvalue weighted by Gasteiger charge is 2.24. The van der Waals surface area contributed by atoms with Gasteiger partial charge >= 0.3 is 0 Å². The lowest BCUT2D eigenvalue weighted by Crippen LogP contribution is -2.29. The molecule has 0 spiro atoms. The molecule has 6 aromatic rings. The standard InChI is InChI=1S/C34H34N6O3S2/c1-38(2)18-6-19-39(3)34(41)25-10-8-23(9-11-25)28-22-36-33-32(31(28)24-14-16-35-17-15-24)27-21-26(12-13-29(27)37-33)40(4)45(42,43)30-7-5-20-44-30/h5,7-17,20-22H,6,18-19H2,1-4H3,(H,36,37). The molecule has 1 N–H and O–H groups in total. The highest BCUT2D eigenvalue weighted by molar-refractivity contribution is 7.94. The molecule has 1 amide bonds. The number of nitrogens with one attached hydrogen (secondary N) is 1. The fraction of sp³-hybridized carbons (Fsp3) is 0.206. The second kappa shape index (κ2) is 12.4. The number of rotatable bonds is 10. The highest BCUT2D eigenvalue weighted by Crippen LogP contribution is 2.41. The Morgan fingerprint density at radius 1 is 0.911 bits per heavy atom. The number of aromatic nitrogens is 3. The van der Waals surface area contributed by atoms with Crippen LogP contribution in [0.25, 0.3) is 44.2 Å². The molecule has 0 saturated carbocycles. The summed E-state index contributed by atoms with van der Waals surface area (Å²) in [4.78, 5) is 29.4. The van der Waals surface area contributed by atoms with Crippen LogP contribution in [0.4, 0.5) is 5.69 Å². The van der Waals surface area contributed by atoms with Crippen LogP contribution in [-0.4, -0.2) is 80.4 Å². The van der Waals surface area contributed by atoms with E-state index in [0.29, 0.717) is 23.4 Å². The quantitative estimate of drug-likeness (QED) is 0.188. The number of hydrogen-bond acceptors (Lipinski definition) is 7. The van der Waals surface area contributed by atoms with Crippen molar-refractivity contribution >= 4 is 54.9 Å². The third-order valence-corrected chi connectivity index (χ3v) is 11.1. The Balaban J connectivity index is 1.44. The Labute approximate surface area is 266 Å². The minimum atomic E-state index is -3.71. The molecule has 0 aliphatic rings. The van der Waals surface area contributed by atoms with Gasteiger partial charge in [0, 0.05) is 72.2 Å². The summed E-state index contributed by atoms with van der Waals surface area (Å²) in [6, 6.07) is 20.5. The lowest BCUT2D eigenvalue weighted by Gasteiger charge is -2.19. The van der Waals surface area contributed by atoms with Gasteiger partial charge in [0.2, 0.25) is 0 Å². The minimum Gasteiger partial charge on any atom is -0.342 e. The van der Waals surface area contributed by atoms with Crippen molar-refractivity contribution in [1.82, 2.24) is 24.8 Å². The summed E-state index contributed by atoms with van der Waals surface area (Å²) in [6.45, 7) is 1.60. The number of benzene rings is 2. The molecule has 0 aliphatic heterocycles. The number of H-pyrrole nitrogens is 1. The van der Waals surface area contributed by atoms with Gasteiger partial charge < -0.3 is 14.8 Å². The fourth-order valence-corrected chi connectivity index (χ4v) is 7.85. The number of pyridine rings is 2. The van der Waals surface area contributed by atoms with Gasteiger partial charge in [-0.1, -0.05) is 18.2 Å². The third-order valence-electron chi connectivity index (χ3n) is 7.94. The van der Waals surface area contributed by atoms with Crippen LogP contribution in [0.5, 0.6) is 0 Å². The third kappa shape index (κ3) is 5.94. The van der Waals surface area contributed by atoms with E-state index in [1.807, 2.05) is 75.9 Å². The average Bonchev–Trinajstić information content (AvgIpc) is 3.73. The molecule has 2 aromatic carbocycles. The number of aromatic amines is 1. The predicted molar refractivity (Wildman–Crippen MR) is 182 cm³/mol. The van der Waals surface area contributed by atoms with Crippen LogP contribution >= 0.6 is 11.3 Å². The van der Waals surface area contributed by atoms with Crippen molar-refractivity contribution in [2.24, 2.45) is 0 Å². The zero-order valence-corrected chi connectivity index (χ0v) is 27.2. The molecule has 0 fully saturated rings. The van der Waals surface area contributed by atoms with Gasteiger partial charge in [0.15, 0.2) is 0 Å². The second-order valence-electron chi connectivity index (χ2n) is 11.2. The van der Waals surface area contributed by atoms with E-state index in [4.69, 9.17) is 4.98 Å². The van der Waals surface area contributed by atoms with Crippen LogP contribution in [0.15, 0.2) is 94.9 Å². The van der Waals surface area contributed by atoms with Crippen molar-refractivity contribution in [1.29, 1.82) is 0 Å². The largest absolute Gasteiger partial charge is 0.342 e. The summed E-state index contributed by atoms with van der Waals surface area (Å²) < 4.78 is 28.3. The molecule has 230 valence electrons. The molecule has 9 nitrogen and oxygen atoms in total. The number of amides is 1. The van der Waals surface area contributed by atoms with E-state index in [1.165, 1.54) is 15.6 Å². The molecule has 0 atom stereocenters. The van der Waals surface area contributed by atoms with Gasteiger partial charge in [0.1, 0.15) is 9.86 Å². The number of thiophene rings is 1. The van der Waals surface area contributed by atoms with Crippen LogP contribution < -0.4 is 4.31 Å². The summed E-state index contributed by atoms with van der Waals surface area (Å²) in [5, 5.41) is 3.48. The monoisotopic (exact) mass is 638 g/mol. The Hall–Kier alpha value is -4.58. The lowest BCUT2D eigenvalue weighted by molar-refractivity contribution is 0.0790. The van der Waals surface area contributed by atoms with Crippen LogP contribution in [0.1, 0.15) is 16.8 Å². The Kier molecular flexibility index (Phi) is 8.41. The first-order chi connectivity index (χ1) is 21.6.